The number of amides is 1. The van der Waals surface area contributed by atoms with Crippen LogP contribution >= 0.6 is 11.6 Å². The molecule has 2 atom stereocenters. The molecule has 25 heavy (non-hydrogen) atoms. The maximum absolute atomic E-state index is 12.7. The third-order valence-electron chi connectivity index (χ3n) is 4.18. The Kier molecular flexibility index (Phi) is 6.21. The van der Waals surface area contributed by atoms with E-state index in [0.29, 0.717) is 17.1 Å². The molecule has 2 aromatic carbocycles. The van der Waals surface area contributed by atoms with Gasteiger partial charge >= 0.3 is 5.97 Å². The molecule has 0 bridgehead atoms. The molecule has 0 saturated carbocycles. The Morgan fingerprint density at radius 2 is 1.64 bits per heavy atom. The second-order valence-electron chi connectivity index (χ2n) is 6.43. The maximum atomic E-state index is 12.7. The average molecular weight is 360 g/mol. The number of carbonyl (C=O) groups is 2. The first-order valence-electron chi connectivity index (χ1n) is 8.12. The zero-order valence-corrected chi connectivity index (χ0v) is 15.3. The molecule has 2 N–H and O–H groups in total. The van der Waals surface area contributed by atoms with Gasteiger partial charge in [-0.15, -0.1) is 0 Å². The summed E-state index contributed by atoms with van der Waals surface area (Å²) in [5.74, 6) is -2.76. The molecule has 0 aliphatic rings. The van der Waals surface area contributed by atoms with Crippen LogP contribution in [0.15, 0.2) is 42.5 Å². The molecule has 2 rings (SSSR count). The van der Waals surface area contributed by atoms with E-state index in [0.717, 1.165) is 16.7 Å². The van der Waals surface area contributed by atoms with E-state index < -0.39 is 17.8 Å². The van der Waals surface area contributed by atoms with E-state index in [1.807, 2.05) is 32.0 Å². The number of aryl methyl sites for hydroxylation is 2. The standard InChI is InChI=1S/C20H22ClNO3/c1-12-8-13(2)10-15(9-12)11-18(14(3)20(24)25)19(23)22-17-6-4-16(21)5-7-17/h4-10,14,18H,11H2,1-3H3,(H,22,23)(H,24,25). The summed E-state index contributed by atoms with van der Waals surface area (Å²) in [4.78, 5) is 24.2. The molecule has 4 nitrogen and oxygen atoms in total. The van der Waals surface area contributed by atoms with Gasteiger partial charge in [0.15, 0.2) is 0 Å². The lowest BCUT2D eigenvalue weighted by Crippen LogP contribution is -2.33. The molecule has 0 aliphatic carbocycles. The second kappa shape index (κ2) is 8.17. The monoisotopic (exact) mass is 359 g/mol. The van der Waals surface area contributed by atoms with Gasteiger partial charge in [-0.3, -0.25) is 9.59 Å². The van der Waals surface area contributed by atoms with Crippen molar-refractivity contribution in [3.8, 4) is 0 Å². The van der Waals surface area contributed by atoms with E-state index in [9.17, 15) is 14.7 Å². The highest BCUT2D eigenvalue weighted by molar-refractivity contribution is 6.30. The summed E-state index contributed by atoms with van der Waals surface area (Å²) in [6.45, 7) is 5.54. The van der Waals surface area contributed by atoms with Gasteiger partial charge in [0.05, 0.1) is 11.8 Å². The van der Waals surface area contributed by atoms with Crippen LogP contribution < -0.4 is 5.32 Å². The number of anilines is 1. The molecular weight excluding hydrogens is 338 g/mol. The van der Waals surface area contributed by atoms with E-state index in [4.69, 9.17) is 11.6 Å². The number of hydrogen-bond acceptors (Lipinski definition) is 2. The van der Waals surface area contributed by atoms with E-state index >= 15 is 0 Å². The number of benzene rings is 2. The van der Waals surface area contributed by atoms with Crippen LogP contribution in [0.1, 0.15) is 23.6 Å². The molecule has 2 aromatic rings. The molecule has 0 aromatic heterocycles. The topological polar surface area (TPSA) is 66.4 Å². The molecule has 132 valence electrons. The molecule has 0 spiro atoms. The number of aliphatic carboxylic acids is 1. The predicted octanol–water partition coefficient (Wildman–Crippen LogP) is 4.47. The summed E-state index contributed by atoms with van der Waals surface area (Å²) in [6, 6.07) is 12.8. The quantitative estimate of drug-likeness (QED) is 0.799. The van der Waals surface area contributed by atoms with Crippen LogP contribution in [0.3, 0.4) is 0 Å². The van der Waals surface area contributed by atoms with Crippen molar-refractivity contribution >= 4 is 29.2 Å². The fourth-order valence-electron chi connectivity index (χ4n) is 2.88. The highest BCUT2D eigenvalue weighted by atomic mass is 35.5. The van der Waals surface area contributed by atoms with Crippen molar-refractivity contribution in [3.63, 3.8) is 0 Å². The predicted molar refractivity (Wildman–Crippen MR) is 100.0 cm³/mol. The van der Waals surface area contributed by atoms with Gasteiger partial charge in [0.2, 0.25) is 5.91 Å². The summed E-state index contributed by atoms with van der Waals surface area (Å²) >= 11 is 5.85. The largest absolute Gasteiger partial charge is 0.481 e. The third kappa shape index (κ3) is 5.33. The number of carboxylic acids is 1. The molecule has 0 radical (unpaired) electrons. The Labute approximate surface area is 152 Å². The Morgan fingerprint density at radius 3 is 2.16 bits per heavy atom. The molecular formula is C20H22ClNO3. The lowest BCUT2D eigenvalue weighted by atomic mass is 9.86. The van der Waals surface area contributed by atoms with Gasteiger partial charge in [-0.05, 0) is 50.1 Å². The summed E-state index contributed by atoms with van der Waals surface area (Å²) in [7, 11) is 0. The Hall–Kier alpha value is -2.33. The van der Waals surface area contributed by atoms with Crippen molar-refractivity contribution in [2.75, 3.05) is 5.32 Å². The van der Waals surface area contributed by atoms with Gasteiger partial charge in [0.25, 0.3) is 0 Å². The maximum Gasteiger partial charge on any atom is 0.307 e. The van der Waals surface area contributed by atoms with Crippen molar-refractivity contribution in [2.24, 2.45) is 11.8 Å². The molecule has 0 heterocycles. The molecule has 1 amide bonds. The fourth-order valence-corrected chi connectivity index (χ4v) is 3.00. The number of carboxylic acid groups (broad SMARTS) is 1. The van der Waals surface area contributed by atoms with Crippen LogP contribution in [0.4, 0.5) is 5.69 Å². The van der Waals surface area contributed by atoms with E-state index in [2.05, 4.69) is 5.32 Å². The molecule has 5 heteroatoms. The molecule has 0 fully saturated rings. The zero-order valence-electron chi connectivity index (χ0n) is 14.5. The molecule has 2 unspecified atom stereocenters. The third-order valence-corrected chi connectivity index (χ3v) is 4.43. The first kappa shape index (κ1) is 19.0. The Balaban J connectivity index is 2.23. The van der Waals surface area contributed by atoms with Gasteiger partial charge in [0, 0.05) is 10.7 Å². The van der Waals surface area contributed by atoms with Crippen molar-refractivity contribution < 1.29 is 14.7 Å². The number of halogens is 1. The number of rotatable bonds is 6. The van der Waals surface area contributed by atoms with Crippen LogP contribution in [-0.2, 0) is 16.0 Å². The normalized spacial score (nSPS) is 13.1. The van der Waals surface area contributed by atoms with Gasteiger partial charge < -0.3 is 10.4 Å². The van der Waals surface area contributed by atoms with Crippen LogP contribution in [-0.4, -0.2) is 17.0 Å². The Bertz CT molecular complexity index is 751. The first-order valence-corrected chi connectivity index (χ1v) is 8.50. The summed E-state index contributed by atoms with van der Waals surface area (Å²) in [5.41, 5.74) is 3.74. The van der Waals surface area contributed by atoms with Crippen LogP contribution in [0.2, 0.25) is 5.02 Å². The summed E-state index contributed by atoms with van der Waals surface area (Å²) in [6.07, 6.45) is 0.370. The smallest absolute Gasteiger partial charge is 0.307 e. The molecule has 0 saturated heterocycles. The van der Waals surface area contributed by atoms with Crippen molar-refractivity contribution in [2.45, 2.75) is 27.2 Å². The van der Waals surface area contributed by atoms with E-state index in [-0.39, 0.29) is 5.91 Å². The fraction of sp³-hybridized carbons (Fsp3) is 0.300. The van der Waals surface area contributed by atoms with Crippen LogP contribution in [0.25, 0.3) is 0 Å². The summed E-state index contributed by atoms with van der Waals surface area (Å²) < 4.78 is 0. The lowest BCUT2D eigenvalue weighted by Gasteiger charge is -2.21. The lowest BCUT2D eigenvalue weighted by molar-refractivity contribution is -0.145. The van der Waals surface area contributed by atoms with E-state index in [1.165, 1.54) is 0 Å². The molecule has 0 aliphatic heterocycles. The highest BCUT2D eigenvalue weighted by Gasteiger charge is 2.30. The van der Waals surface area contributed by atoms with Gasteiger partial charge in [-0.1, -0.05) is 47.9 Å². The average Bonchev–Trinajstić information content (AvgIpc) is 2.53. The second-order valence-corrected chi connectivity index (χ2v) is 6.87. The first-order chi connectivity index (χ1) is 11.8. The number of nitrogens with one attached hydrogen (secondary N) is 1. The van der Waals surface area contributed by atoms with Crippen LogP contribution in [0.5, 0.6) is 0 Å². The van der Waals surface area contributed by atoms with Crippen molar-refractivity contribution in [1.82, 2.24) is 0 Å². The summed E-state index contributed by atoms with van der Waals surface area (Å²) in [5, 5.41) is 12.8. The number of hydrogen-bond donors (Lipinski definition) is 2. The van der Waals surface area contributed by atoms with Gasteiger partial charge in [-0.25, -0.2) is 0 Å². The minimum atomic E-state index is -0.986. The van der Waals surface area contributed by atoms with E-state index in [1.54, 1.807) is 31.2 Å². The minimum absolute atomic E-state index is 0.309. The van der Waals surface area contributed by atoms with Gasteiger partial charge in [-0.2, -0.15) is 0 Å². The van der Waals surface area contributed by atoms with Gasteiger partial charge in [0.1, 0.15) is 0 Å². The highest BCUT2D eigenvalue weighted by Crippen LogP contribution is 2.23. The zero-order chi connectivity index (χ0) is 18.6. The van der Waals surface area contributed by atoms with Crippen molar-refractivity contribution in [3.05, 3.63) is 64.2 Å². The SMILES string of the molecule is Cc1cc(C)cc(CC(C(=O)Nc2ccc(Cl)cc2)C(C)C(=O)O)c1. The minimum Gasteiger partial charge on any atom is -0.481 e. The number of carbonyl (C=O) groups excluding carboxylic acids is 1. The Morgan fingerprint density at radius 1 is 1.08 bits per heavy atom. The van der Waals surface area contributed by atoms with Crippen molar-refractivity contribution in [1.29, 1.82) is 0 Å². The van der Waals surface area contributed by atoms with Crippen LogP contribution in [0, 0.1) is 25.7 Å².